The molecule has 2 aromatic rings. The Balaban J connectivity index is 2.08. The molecule has 0 aromatic heterocycles. The zero-order valence-corrected chi connectivity index (χ0v) is 15.4. The van der Waals surface area contributed by atoms with E-state index >= 15 is 0 Å². The number of benzene rings is 2. The molecule has 2 rings (SSSR count). The van der Waals surface area contributed by atoms with Crippen LogP contribution in [0.4, 0.5) is 5.69 Å². The van der Waals surface area contributed by atoms with Crippen molar-refractivity contribution in [2.24, 2.45) is 0 Å². The molecule has 0 amide bonds. The maximum atomic E-state index is 5.47. The highest BCUT2D eigenvalue weighted by Gasteiger charge is 2.13. The monoisotopic (exact) mass is 344 g/mol. The van der Waals surface area contributed by atoms with E-state index in [9.17, 15) is 0 Å². The summed E-state index contributed by atoms with van der Waals surface area (Å²) in [6.45, 7) is 4.26. The molecule has 5 heteroatoms. The topological polar surface area (TPSA) is 42.5 Å². The molecule has 0 fully saturated rings. The van der Waals surface area contributed by atoms with Crippen LogP contribution in [-0.4, -0.2) is 19.3 Å². The van der Waals surface area contributed by atoms with Crippen molar-refractivity contribution in [3.8, 4) is 11.5 Å². The predicted molar refractivity (Wildman–Crippen MR) is 103 cm³/mol. The molecule has 24 heavy (non-hydrogen) atoms. The number of hydrogen-bond acceptors (Lipinski definition) is 3. The van der Waals surface area contributed by atoms with Crippen LogP contribution < -0.4 is 20.1 Å². The molecule has 0 aliphatic carbocycles. The van der Waals surface area contributed by atoms with Crippen molar-refractivity contribution in [2.45, 2.75) is 26.3 Å². The summed E-state index contributed by atoms with van der Waals surface area (Å²) in [7, 11) is 3.23. The summed E-state index contributed by atoms with van der Waals surface area (Å²) < 4.78 is 10.6. The van der Waals surface area contributed by atoms with Crippen LogP contribution in [0, 0.1) is 6.92 Å². The van der Waals surface area contributed by atoms with E-state index in [0.29, 0.717) is 16.6 Å². The Kier molecular flexibility index (Phi) is 6.44. The maximum absolute atomic E-state index is 5.47. The molecule has 1 atom stereocenters. The average molecular weight is 344 g/mol. The largest absolute Gasteiger partial charge is 0.493 e. The fourth-order valence-corrected chi connectivity index (χ4v) is 2.88. The van der Waals surface area contributed by atoms with E-state index in [1.165, 1.54) is 11.1 Å². The minimum Gasteiger partial charge on any atom is -0.493 e. The quantitative estimate of drug-likeness (QED) is 0.758. The third kappa shape index (κ3) is 4.38. The summed E-state index contributed by atoms with van der Waals surface area (Å²) >= 11 is 5.47. The summed E-state index contributed by atoms with van der Waals surface area (Å²) in [6, 6.07) is 14.1. The van der Waals surface area contributed by atoms with E-state index in [1.807, 2.05) is 24.3 Å². The molecule has 4 nitrogen and oxygen atoms in total. The Morgan fingerprint density at radius 3 is 2.42 bits per heavy atom. The van der Waals surface area contributed by atoms with Crippen molar-refractivity contribution in [1.29, 1.82) is 0 Å². The zero-order valence-electron chi connectivity index (χ0n) is 14.6. The molecule has 0 bridgehead atoms. The molecular formula is C19H24N2O2S. The summed E-state index contributed by atoms with van der Waals surface area (Å²) in [5, 5.41) is 7.17. The molecule has 0 spiro atoms. The second-order valence-corrected chi connectivity index (χ2v) is 5.89. The Hall–Kier alpha value is -2.27. The highest BCUT2D eigenvalue weighted by molar-refractivity contribution is 7.80. The van der Waals surface area contributed by atoms with Crippen molar-refractivity contribution in [1.82, 2.24) is 5.32 Å². The summed E-state index contributed by atoms with van der Waals surface area (Å²) in [5.74, 6) is 1.35. The lowest BCUT2D eigenvalue weighted by atomic mass is 10.00. The van der Waals surface area contributed by atoms with E-state index < -0.39 is 0 Å². The molecular weight excluding hydrogens is 320 g/mol. The van der Waals surface area contributed by atoms with Crippen LogP contribution in [0.15, 0.2) is 42.5 Å². The molecule has 0 aliphatic heterocycles. The van der Waals surface area contributed by atoms with Gasteiger partial charge in [0.1, 0.15) is 0 Å². The van der Waals surface area contributed by atoms with Crippen LogP contribution in [0.1, 0.15) is 30.5 Å². The average Bonchev–Trinajstić information content (AvgIpc) is 2.60. The Morgan fingerprint density at radius 2 is 1.79 bits per heavy atom. The van der Waals surface area contributed by atoms with Gasteiger partial charge in [-0.3, -0.25) is 0 Å². The van der Waals surface area contributed by atoms with E-state index in [4.69, 9.17) is 21.7 Å². The number of aryl methyl sites for hydroxylation is 1. The molecule has 2 N–H and O–H groups in total. The molecule has 0 aliphatic rings. The van der Waals surface area contributed by atoms with Gasteiger partial charge < -0.3 is 20.1 Å². The van der Waals surface area contributed by atoms with E-state index in [2.05, 4.69) is 42.7 Å². The van der Waals surface area contributed by atoms with Gasteiger partial charge in [-0.15, -0.1) is 0 Å². The van der Waals surface area contributed by atoms with Crippen molar-refractivity contribution < 1.29 is 9.47 Å². The lowest BCUT2D eigenvalue weighted by molar-refractivity contribution is 0.355. The Labute approximate surface area is 149 Å². The first-order valence-corrected chi connectivity index (χ1v) is 8.35. The van der Waals surface area contributed by atoms with Crippen molar-refractivity contribution in [2.75, 3.05) is 19.5 Å². The molecule has 0 heterocycles. The zero-order chi connectivity index (χ0) is 17.5. The third-order valence-corrected chi connectivity index (χ3v) is 4.14. The molecule has 0 saturated heterocycles. The van der Waals surface area contributed by atoms with Gasteiger partial charge >= 0.3 is 0 Å². The smallest absolute Gasteiger partial charge is 0.171 e. The summed E-state index contributed by atoms with van der Waals surface area (Å²) in [5.41, 5.74) is 3.37. The number of anilines is 1. The number of ether oxygens (including phenoxy) is 2. The number of hydrogen-bond donors (Lipinski definition) is 2. The van der Waals surface area contributed by atoms with Crippen LogP contribution >= 0.6 is 12.2 Å². The highest BCUT2D eigenvalue weighted by Crippen LogP contribution is 2.29. The second-order valence-electron chi connectivity index (χ2n) is 5.49. The minimum absolute atomic E-state index is 0.173. The summed E-state index contributed by atoms with van der Waals surface area (Å²) in [4.78, 5) is 0. The van der Waals surface area contributed by atoms with Gasteiger partial charge in [-0.25, -0.2) is 0 Å². The van der Waals surface area contributed by atoms with Crippen molar-refractivity contribution in [3.63, 3.8) is 0 Å². The third-order valence-electron chi connectivity index (χ3n) is 3.92. The fraction of sp³-hybridized carbons (Fsp3) is 0.316. The Bertz CT molecular complexity index is 704. The van der Waals surface area contributed by atoms with Gasteiger partial charge in [0.2, 0.25) is 0 Å². The number of nitrogens with one attached hydrogen (secondary N) is 2. The summed E-state index contributed by atoms with van der Waals surface area (Å²) in [6.07, 6.45) is 0.943. The van der Waals surface area contributed by atoms with Crippen molar-refractivity contribution in [3.05, 3.63) is 53.6 Å². The number of methoxy groups -OCH3 is 2. The van der Waals surface area contributed by atoms with Gasteiger partial charge in [-0.1, -0.05) is 31.2 Å². The van der Waals surface area contributed by atoms with E-state index in [0.717, 1.165) is 12.1 Å². The van der Waals surface area contributed by atoms with Gasteiger partial charge in [0, 0.05) is 11.8 Å². The van der Waals surface area contributed by atoms with Crippen LogP contribution in [0.5, 0.6) is 11.5 Å². The number of rotatable bonds is 6. The molecule has 128 valence electrons. The first-order chi connectivity index (χ1) is 11.6. The SMILES string of the molecule is CCC(NC(=S)Nc1ccc(OC)c(OC)c1)c1ccccc1C. The predicted octanol–water partition coefficient (Wildman–Crippen LogP) is 4.45. The van der Waals surface area contributed by atoms with Gasteiger partial charge in [-0.2, -0.15) is 0 Å². The molecule has 2 aromatic carbocycles. The van der Waals surface area contributed by atoms with Gasteiger partial charge in [0.15, 0.2) is 16.6 Å². The van der Waals surface area contributed by atoms with E-state index in [1.54, 1.807) is 14.2 Å². The molecule has 0 radical (unpaired) electrons. The van der Waals surface area contributed by atoms with Gasteiger partial charge in [0.25, 0.3) is 0 Å². The highest BCUT2D eigenvalue weighted by atomic mass is 32.1. The maximum Gasteiger partial charge on any atom is 0.171 e. The Morgan fingerprint density at radius 1 is 1.08 bits per heavy atom. The van der Waals surface area contributed by atoms with Crippen LogP contribution in [0.25, 0.3) is 0 Å². The normalized spacial score (nSPS) is 11.5. The molecule has 0 saturated carbocycles. The standard InChI is InChI=1S/C19H24N2O2S/c1-5-16(15-9-7-6-8-13(15)2)21-19(24)20-14-10-11-17(22-3)18(12-14)23-4/h6-12,16H,5H2,1-4H3,(H2,20,21,24). The first-order valence-electron chi connectivity index (χ1n) is 7.94. The lowest BCUT2D eigenvalue weighted by Crippen LogP contribution is -2.32. The van der Waals surface area contributed by atoms with Crippen LogP contribution in [-0.2, 0) is 0 Å². The lowest BCUT2D eigenvalue weighted by Gasteiger charge is -2.22. The molecule has 1 unspecified atom stereocenters. The van der Waals surface area contributed by atoms with Crippen LogP contribution in [0.2, 0.25) is 0 Å². The number of thiocarbonyl (C=S) groups is 1. The van der Waals surface area contributed by atoms with Gasteiger partial charge in [-0.05, 0) is 48.8 Å². The fourth-order valence-electron chi connectivity index (χ4n) is 2.62. The van der Waals surface area contributed by atoms with Crippen molar-refractivity contribution >= 4 is 23.0 Å². The van der Waals surface area contributed by atoms with Crippen LogP contribution in [0.3, 0.4) is 0 Å². The second kappa shape index (κ2) is 8.55. The van der Waals surface area contributed by atoms with E-state index in [-0.39, 0.29) is 6.04 Å². The minimum atomic E-state index is 0.173. The van der Waals surface area contributed by atoms with Gasteiger partial charge in [0.05, 0.1) is 20.3 Å². The first kappa shape index (κ1) is 18.1.